The monoisotopic (exact) mass is 288 g/mol. The first-order valence-electron chi connectivity index (χ1n) is 6.40. The molecule has 1 fully saturated rings. The van der Waals surface area contributed by atoms with E-state index in [0.717, 1.165) is 19.4 Å². The standard InChI is InChI=1S/C11H20N4O3S/c1-9-11(7-13-14-9)19(17,18)15(5-6-16)8-10-3-2-4-12-10/h7,10,12,16H,2-6,8H2,1H3,(H,13,14). The van der Waals surface area contributed by atoms with Crippen LogP contribution < -0.4 is 5.32 Å². The van der Waals surface area contributed by atoms with Crippen LogP contribution >= 0.6 is 0 Å². The van der Waals surface area contributed by atoms with Crippen molar-refractivity contribution in [3.05, 3.63) is 11.9 Å². The van der Waals surface area contributed by atoms with Gasteiger partial charge in [-0.3, -0.25) is 5.10 Å². The first-order valence-corrected chi connectivity index (χ1v) is 7.84. The normalized spacial score (nSPS) is 20.3. The van der Waals surface area contributed by atoms with E-state index in [1.807, 2.05) is 0 Å². The van der Waals surface area contributed by atoms with Crippen molar-refractivity contribution in [1.82, 2.24) is 19.8 Å². The largest absolute Gasteiger partial charge is 0.395 e. The van der Waals surface area contributed by atoms with E-state index in [0.29, 0.717) is 12.2 Å². The Kier molecular flexibility index (Phi) is 4.56. The molecule has 1 aliphatic rings. The summed E-state index contributed by atoms with van der Waals surface area (Å²) in [5.74, 6) is 0. The molecule has 0 aromatic carbocycles. The highest BCUT2D eigenvalue weighted by molar-refractivity contribution is 7.89. The minimum Gasteiger partial charge on any atom is -0.395 e. The van der Waals surface area contributed by atoms with Gasteiger partial charge in [0.25, 0.3) is 0 Å². The number of sulfonamides is 1. The zero-order valence-electron chi connectivity index (χ0n) is 11.0. The molecule has 7 nitrogen and oxygen atoms in total. The summed E-state index contributed by atoms with van der Waals surface area (Å²) in [6, 6.07) is 0.161. The molecule has 1 aliphatic heterocycles. The highest BCUT2D eigenvalue weighted by Crippen LogP contribution is 2.19. The molecule has 0 spiro atoms. The van der Waals surface area contributed by atoms with E-state index in [1.54, 1.807) is 6.92 Å². The molecule has 0 bridgehead atoms. The Morgan fingerprint density at radius 3 is 2.89 bits per heavy atom. The molecule has 2 rings (SSSR count). The van der Waals surface area contributed by atoms with Crippen molar-refractivity contribution in [2.24, 2.45) is 0 Å². The molecule has 0 radical (unpaired) electrons. The zero-order valence-corrected chi connectivity index (χ0v) is 11.8. The van der Waals surface area contributed by atoms with E-state index in [9.17, 15) is 8.42 Å². The Bertz CT molecular complexity index is 508. The topological polar surface area (TPSA) is 98.3 Å². The van der Waals surface area contributed by atoms with E-state index in [4.69, 9.17) is 5.11 Å². The Morgan fingerprint density at radius 2 is 2.37 bits per heavy atom. The second-order valence-electron chi connectivity index (χ2n) is 4.74. The van der Waals surface area contributed by atoms with Crippen LogP contribution in [0.5, 0.6) is 0 Å². The molecule has 19 heavy (non-hydrogen) atoms. The smallest absolute Gasteiger partial charge is 0.246 e. The lowest BCUT2D eigenvalue weighted by Gasteiger charge is -2.24. The third kappa shape index (κ3) is 3.14. The fourth-order valence-corrected chi connectivity index (χ4v) is 3.91. The Labute approximate surface area is 113 Å². The van der Waals surface area contributed by atoms with Crippen molar-refractivity contribution < 1.29 is 13.5 Å². The Morgan fingerprint density at radius 1 is 1.58 bits per heavy atom. The summed E-state index contributed by atoms with van der Waals surface area (Å²) in [4.78, 5) is 0.180. The molecule has 0 saturated carbocycles. The summed E-state index contributed by atoms with van der Waals surface area (Å²) in [5, 5.41) is 18.7. The molecule has 1 saturated heterocycles. The van der Waals surface area contributed by atoms with E-state index in [2.05, 4.69) is 15.5 Å². The van der Waals surface area contributed by atoms with Crippen molar-refractivity contribution in [2.75, 3.05) is 26.2 Å². The summed E-state index contributed by atoms with van der Waals surface area (Å²) < 4.78 is 26.4. The van der Waals surface area contributed by atoms with Gasteiger partial charge in [0, 0.05) is 19.1 Å². The first kappa shape index (κ1) is 14.4. The van der Waals surface area contributed by atoms with Crippen LogP contribution in [0.25, 0.3) is 0 Å². The van der Waals surface area contributed by atoms with E-state index < -0.39 is 10.0 Å². The number of nitrogens with zero attached hydrogens (tertiary/aromatic N) is 2. The van der Waals surface area contributed by atoms with Crippen molar-refractivity contribution in [2.45, 2.75) is 30.7 Å². The van der Waals surface area contributed by atoms with Gasteiger partial charge in [0.15, 0.2) is 0 Å². The highest BCUT2D eigenvalue weighted by Gasteiger charge is 2.29. The molecule has 1 unspecified atom stereocenters. The van der Waals surface area contributed by atoms with Gasteiger partial charge in [0.1, 0.15) is 4.90 Å². The molecule has 1 aromatic rings. The maximum atomic E-state index is 12.5. The van der Waals surface area contributed by atoms with Crippen molar-refractivity contribution in [3.63, 3.8) is 0 Å². The van der Waals surface area contributed by atoms with E-state index in [-0.39, 0.29) is 24.1 Å². The van der Waals surface area contributed by atoms with Crippen molar-refractivity contribution in [1.29, 1.82) is 0 Å². The van der Waals surface area contributed by atoms with E-state index in [1.165, 1.54) is 10.5 Å². The predicted octanol–water partition coefficient (Wildman–Crippen LogP) is -0.547. The Balaban J connectivity index is 2.19. The quantitative estimate of drug-likeness (QED) is 0.652. The number of aliphatic hydroxyl groups is 1. The number of nitrogens with one attached hydrogen (secondary N) is 2. The van der Waals surface area contributed by atoms with Crippen LogP contribution in [-0.2, 0) is 10.0 Å². The molecule has 0 amide bonds. The second-order valence-corrected chi connectivity index (χ2v) is 6.65. The molecular weight excluding hydrogens is 268 g/mol. The summed E-state index contributed by atoms with van der Waals surface area (Å²) >= 11 is 0. The maximum Gasteiger partial charge on any atom is 0.246 e. The lowest BCUT2D eigenvalue weighted by Crippen LogP contribution is -2.42. The van der Waals surface area contributed by atoms with Crippen molar-refractivity contribution in [3.8, 4) is 0 Å². The van der Waals surface area contributed by atoms with Crippen LogP contribution in [0.15, 0.2) is 11.1 Å². The fraction of sp³-hybridized carbons (Fsp3) is 0.727. The zero-order chi connectivity index (χ0) is 13.9. The second kappa shape index (κ2) is 6.00. The minimum atomic E-state index is -3.60. The number of hydrogen-bond donors (Lipinski definition) is 3. The number of aliphatic hydroxyl groups excluding tert-OH is 1. The van der Waals surface area contributed by atoms with Crippen LogP contribution in [0, 0.1) is 6.92 Å². The molecule has 0 aliphatic carbocycles. The number of aryl methyl sites for hydroxylation is 1. The summed E-state index contributed by atoms with van der Waals surface area (Å²) in [5.41, 5.74) is 0.516. The van der Waals surface area contributed by atoms with Gasteiger partial charge in [0.05, 0.1) is 18.5 Å². The van der Waals surface area contributed by atoms with Crippen LogP contribution in [0.4, 0.5) is 0 Å². The van der Waals surface area contributed by atoms with Crippen LogP contribution in [0.3, 0.4) is 0 Å². The van der Waals surface area contributed by atoms with Gasteiger partial charge in [0.2, 0.25) is 10.0 Å². The average Bonchev–Trinajstić information content (AvgIpc) is 2.99. The van der Waals surface area contributed by atoms with Crippen molar-refractivity contribution >= 4 is 10.0 Å². The lowest BCUT2D eigenvalue weighted by molar-refractivity contribution is 0.246. The molecule has 3 N–H and O–H groups in total. The molecule has 1 atom stereocenters. The van der Waals surface area contributed by atoms with E-state index >= 15 is 0 Å². The van der Waals surface area contributed by atoms with Crippen LogP contribution in [0.1, 0.15) is 18.5 Å². The molecule has 2 heterocycles. The van der Waals surface area contributed by atoms with Gasteiger partial charge in [-0.05, 0) is 26.3 Å². The van der Waals surface area contributed by atoms with Gasteiger partial charge < -0.3 is 10.4 Å². The third-order valence-corrected chi connectivity index (χ3v) is 5.32. The molecule has 8 heteroatoms. The molecule has 1 aromatic heterocycles. The number of rotatable bonds is 6. The number of H-pyrrole nitrogens is 1. The van der Waals surface area contributed by atoms with Crippen LogP contribution in [0.2, 0.25) is 0 Å². The van der Waals surface area contributed by atoms with Gasteiger partial charge in [-0.1, -0.05) is 0 Å². The van der Waals surface area contributed by atoms with Gasteiger partial charge in [-0.15, -0.1) is 0 Å². The summed E-state index contributed by atoms with van der Waals surface area (Å²) in [6.07, 6.45) is 3.33. The fourth-order valence-electron chi connectivity index (χ4n) is 2.32. The third-order valence-electron chi connectivity index (χ3n) is 3.34. The number of aromatic amines is 1. The molecule has 108 valence electrons. The number of aromatic nitrogens is 2. The average molecular weight is 288 g/mol. The predicted molar refractivity (Wildman–Crippen MR) is 70.2 cm³/mol. The van der Waals surface area contributed by atoms with Gasteiger partial charge in [-0.25, -0.2) is 8.42 Å². The molecular formula is C11H20N4O3S. The van der Waals surface area contributed by atoms with Gasteiger partial charge in [-0.2, -0.15) is 9.40 Å². The lowest BCUT2D eigenvalue weighted by atomic mass is 10.2. The summed E-state index contributed by atoms with van der Waals surface area (Å²) in [7, 11) is -3.60. The van der Waals surface area contributed by atoms with Crippen LogP contribution in [-0.4, -0.2) is 60.3 Å². The first-order chi connectivity index (χ1) is 9.05. The summed E-state index contributed by atoms with van der Waals surface area (Å²) in [6.45, 7) is 2.88. The number of hydrogen-bond acceptors (Lipinski definition) is 5. The Hall–Kier alpha value is -0.960. The van der Waals surface area contributed by atoms with Gasteiger partial charge >= 0.3 is 0 Å². The highest BCUT2D eigenvalue weighted by atomic mass is 32.2. The maximum absolute atomic E-state index is 12.5. The minimum absolute atomic E-state index is 0.102. The SMILES string of the molecule is Cc1[nH]ncc1S(=O)(=O)N(CCO)CC1CCCN1.